The van der Waals surface area contributed by atoms with Gasteiger partial charge in [-0.2, -0.15) is 0 Å². The molecule has 2 aliphatic rings. The van der Waals surface area contributed by atoms with Crippen LogP contribution in [-0.2, 0) is 11.3 Å². The summed E-state index contributed by atoms with van der Waals surface area (Å²) in [6, 6.07) is 6.94. The van der Waals surface area contributed by atoms with Crippen molar-refractivity contribution in [1.29, 1.82) is 0 Å². The van der Waals surface area contributed by atoms with Crippen molar-refractivity contribution in [2.24, 2.45) is 5.92 Å². The summed E-state index contributed by atoms with van der Waals surface area (Å²) in [5.41, 5.74) is 0.883. The molecule has 20 heavy (non-hydrogen) atoms. The van der Waals surface area contributed by atoms with Crippen LogP contribution in [0.2, 0.25) is 0 Å². The first-order valence-electron chi connectivity index (χ1n) is 7.49. The maximum absolute atomic E-state index is 13.3. The van der Waals surface area contributed by atoms with Crippen LogP contribution in [0, 0.1) is 11.7 Å². The summed E-state index contributed by atoms with van der Waals surface area (Å²) in [5, 5.41) is 3.30. The number of nitrogens with one attached hydrogen (secondary N) is 1. The molecule has 4 heteroatoms. The molecule has 1 aromatic carbocycles. The first-order valence-corrected chi connectivity index (χ1v) is 7.49. The highest BCUT2D eigenvalue weighted by Crippen LogP contribution is 2.30. The zero-order valence-corrected chi connectivity index (χ0v) is 11.6. The lowest BCUT2D eigenvalue weighted by atomic mass is 9.97. The predicted molar refractivity (Wildman–Crippen MR) is 75.6 cm³/mol. The highest BCUT2D eigenvalue weighted by Gasteiger charge is 2.36. The molecule has 0 spiro atoms. The summed E-state index contributed by atoms with van der Waals surface area (Å²) in [5.74, 6) is 0.104. The topological polar surface area (TPSA) is 32.3 Å². The summed E-state index contributed by atoms with van der Waals surface area (Å²) in [6.45, 7) is 2.33. The summed E-state index contributed by atoms with van der Waals surface area (Å²) in [7, 11) is 0. The molecule has 1 N–H and O–H groups in total. The summed E-state index contributed by atoms with van der Waals surface area (Å²) >= 11 is 0. The Balaban J connectivity index is 1.70. The van der Waals surface area contributed by atoms with Crippen molar-refractivity contribution in [2.45, 2.75) is 38.3 Å². The number of nitrogens with zero attached hydrogens (tertiary/aromatic N) is 1. The van der Waals surface area contributed by atoms with Gasteiger partial charge in [-0.1, -0.05) is 12.1 Å². The van der Waals surface area contributed by atoms with Crippen LogP contribution in [0.15, 0.2) is 24.3 Å². The van der Waals surface area contributed by atoms with E-state index in [1.807, 2.05) is 11.0 Å². The van der Waals surface area contributed by atoms with Crippen molar-refractivity contribution in [3.8, 4) is 0 Å². The van der Waals surface area contributed by atoms with Gasteiger partial charge in [0.05, 0.1) is 5.92 Å². The average Bonchev–Trinajstić information content (AvgIpc) is 3.30. The largest absolute Gasteiger partial charge is 0.335 e. The maximum Gasteiger partial charge on any atom is 0.227 e. The average molecular weight is 276 g/mol. The lowest BCUT2D eigenvalue weighted by Crippen LogP contribution is -2.43. The van der Waals surface area contributed by atoms with Crippen molar-refractivity contribution >= 4 is 5.91 Å². The molecule has 2 fully saturated rings. The second kappa shape index (κ2) is 5.92. The summed E-state index contributed by atoms with van der Waals surface area (Å²) in [6.07, 6.45) is 4.20. The van der Waals surface area contributed by atoms with E-state index in [2.05, 4.69) is 5.32 Å². The minimum absolute atomic E-state index is 0.0953. The van der Waals surface area contributed by atoms with Crippen molar-refractivity contribution in [2.75, 3.05) is 13.1 Å². The Labute approximate surface area is 119 Å². The van der Waals surface area contributed by atoms with E-state index in [1.165, 1.54) is 12.1 Å². The number of piperidine rings is 1. The van der Waals surface area contributed by atoms with Gasteiger partial charge in [0, 0.05) is 19.1 Å². The van der Waals surface area contributed by atoms with Crippen molar-refractivity contribution in [3.63, 3.8) is 0 Å². The molecule has 0 aromatic heterocycles. The normalized spacial score (nSPS) is 22.6. The molecule has 108 valence electrons. The Hall–Kier alpha value is -1.42. The van der Waals surface area contributed by atoms with E-state index in [0.29, 0.717) is 12.6 Å². The van der Waals surface area contributed by atoms with Crippen LogP contribution in [-0.4, -0.2) is 29.9 Å². The van der Waals surface area contributed by atoms with Gasteiger partial charge in [-0.05, 0) is 49.9 Å². The van der Waals surface area contributed by atoms with Gasteiger partial charge < -0.3 is 10.2 Å². The van der Waals surface area contributed by atoms with Crippen LogP contribution in [0.1, 0.15) is 31.2 Å². The minimum atomic E-state index is -0.231. The molecule has 1 saturated carbocycles. The third kappa shape index (κ3) is 3.18. The number of benzene rings is 1. The van der Waals surface area contributed by atoms with Crippen molar-refractivity contribution < 1.29 is 9.18 Å². The fourth-order valence-electron chi connectivity index (χ4n) is 2.90. The molecule has 1 aliphatic heterocycles. The fraction of sp³-hybridized carbons (Fsp3) is 0.562. The quantitative estimate of drug-likeness (QED) is 0.915. The van der Waals surface area contributed by atoms with E-state index >= 15 is 0 Å². The van der Waals surface area contributed by atoms with Gasteiger partial charge in [-0.3, -0.25) is 4.79 Å². The molecule has 0 bridgehead atoms. The van der Waals surface area contributed by atoms with Crippen LogP contribution in [0.5, 0.6) is 0 Å². The van der Waals surface area contributed by atoms with Crippen molar-refractivity contribution in [3.05, 3.63) is 35.6 Å². The van der Waals surface area contributed by atoms with Crippen LogP contribution >= 0.6 is 0 Å². The lowest BCUT2D eigenvalue weighted by Gasteiger charge is -2.30. The third-order valence-electron chi connectivity index (χ3n) is 4.16. The maximum atomic E-state index is 13.3. The summed E-state index contributed by atoms with van der Waals surface area (Å²) < 4.78 is 13.3. The Morgan fingerprint density at radius 3 is 2.85 bits per heavy atom. The Morgan fingerprint density at radius 2 is 2.20 bits per heavy atom. The number of amides is 1. The highest BCUT2D eigenvalue weighted by atomic mass is 19.1. The van der Waals surface area contributed by atoms with Gasteiger partial charge >= 0.3 is 0 Å². The van der Waals surface area contributed by atoms with E-state index < -0.39 is 0 Å². The van der Waals surface area contributed by atoms with E-state index in [0.717, 1.165) is 44.3 Å². The van der Waals surface area contributed by atoms with Gasteiger partial charge in [0.25, 0.3) is 0 Å². The number of hydrogen-bond donors (Lipinski definition) is 1. The predicted octanol–water partition coefficient (Wildman–Crippen LogP) is 2.32. The molecular weight excluding hydrogens is 255 g/mol. The van der Waals surface area contributed by atoms with Crippen LogP contribution < -0.4 is 5.32 Å². The molecule has 1 aliphatic carbocycles. The molecular formula is C16H21FN2O. The number of carbonyl (C=O) groups is 1. The third-order valence-corrected chi connectivity index (χ3v) is 4.16. The molecule has 1 amide bonds. The standard InChI is InChI=1S/C16H21FN2O/c17-14-5-1-3-12(9-14)11-19(15-6-7-15)16(20)13-4-2-8-18-10-13/h1,3,5,9,13,15,18H,2,4,6-8,10-11H2/t13-/m0/s1. The van der Waals surface area contributed by atoms with Gasteiger partial charge in [0.2, 0.25) is 5.91 Å². The first-order chi connectivity index (χ1) is 9.74. The Morgan fingerprint density at radius 1 is 1.35 bits per heavy atom. The van der Waals surface area contributed by atoms with E-state index in [1.54, 1.807) is 6.07 Å². The monoisotopic (exact) mass is 276 g/mol. The minimum Gasteiger partial charge on any atom is -0.335 e. The first kappa shape index (κ1) is 13.6. The second-order valence-corrected chi connectivity index (χ2v) is 5.87. The molecule has 1 heterocycles. The van der Waals surface area contributed by atoms with E-state index in [-0.39, 0.29) is 17.6 Å². The fourth-order valence-corrected chi connectivity index (χ4v) is 2.90. The van der Waals surface area contributed by atoms with Crippen molar-refractivity contribution in [1.82, 2.24) is 10.2 Å². The molecule has 1 atom stereocenters. The number of halogens is 1. The van der Waals surface area contributed by atoms with E-state index in [4.69, 9.17) is 0 Å². The summed E-state index contributed by atoms with van der Waals surface area (Å²) in [4.78, 5) is 14.6. The highest BCUT2D eigenvalue weighted by molar-refractivity contribution is 5.79. The molecule has 3 nitrogen and oxygen atoms in total. The van der Waals surface area contributed by atoms with Crippen LogP contribution in [0.4, 0.5) is 4.39 Å². The lowest BCUT2D eigenvalue weighted by molar-refractivity contribution is -0.137. The van der Waals surface area contributed by atoms with Gasteiger partial charge in [-0.15, -0.1) is 0 Å². The smallest absolute Gasteiger partial charge is 0.227 e. The number of hydrogen-bond acceptors (Lipinski definition) is 2. The zero-order valence-electron chi connectivity index (χ0n) is 11.6. The Kier molecular flexibility index (Phi) is 4.01. The van der Waals surface area contributed by atoms with Gasteiger partial charge in [0.15, 0.2) is 0 Å². The van der Waals surface area contributed by atoms with Crippen LogP contribution in [0.3, 0.4) is 0 Å². The molecule has 0 unspecified atom stereocenters. The Bertz CT molecular complexity index is 481. The zero-order chi connectivity index (χ0) is 13.9. The second-order valence-electron chi connectivity index (χ2n) is 5.87. The molecule has 3 rings (SSSR count). The van der Waals surface area contributed by atoms with Gasteiger partial charge in [-0.25, -0.2) is 4.39 Å². The molecule has 0 radical (unpaired) electrons. The number of carbonyl (C=O) groups excluding carboxylic acids is 1. The van der Waals surface area contributed by atoms with Gasteiger partial charge in [0.1, 0.15) is 5.82 Å². The number of rotatable bonds is 4. The van der Waals surface area contributed by atoms with Crippen LogP contribution in [0.25, 0.3) is 0 Å². The van der Waals surface area contributed by atoms with E-state index in [9.17, 15) is 9.18 Å². The molecule has 1 saturated heterocycles. The SMILES string of the molecule is O=C([C@H]1CCCNC1)N(Cc1cccc(F)c1)C1CC1. The molecule has 1 aromatic rings.